The van der Waals surface area contributed by atoms with Crippen molar-refractivity contribution >= 4 is 0 Å². The number of ether oxygens (including phenoxy) is 12. The van der Waals surface area contributed by atoms with Crippen molar-refractivity contribution in [2.45, 2.75) is 64.6 Å². The molecule has 0 aromatic rings. The summed E-state index contributed by atoms with van der Waals surface area (Å²) in [5.41, 5.74) is 0. The van der Waals surface area contributed by atoms with E-state index in [0.717, 1.165) is 32.5 Å². The summed E-state index contributed by atoms with van der Waals surface area (Å²) in [5, 5.41) is 0. The predicted molar refractivity (Wildman–Crippen MR) is 166 cm³/mol. The molecule has 1 atom stereocenters. The lowest BCUT2D eigenvalue weighted by molar-refractivity contribution is -0.169. The summed E-state index contributed by atoms with van der Waals surface area (Å²) < 4.78 is 66.1. The van der Waals surface area contributed by atoms with Crippen LogP contribution < -0.4 is 0 Å². The second kappa shape index (κ2) is 37.0. The molecule has 1 unspecified atom stereocenters. The Balaban J connectivity index is 1.60. The molecule has 0 bridgehead atoms. The van der Waals surface area contributed by atoms with E-state index in [1.54, 1.807) is 0 Å². The van der Waals surface area contributed by atoms with Gasteiger partial charge in [-0.25, -0.2) is 0 Å². The molecule has 1 fully saturated rings. The highest BCUT2D eigenvalue weighted by atomic mass is 16.7. The highest BCUT2D eigenvalue weighted by Gasteiger charge is 2.13. The fourth-order valence-electron chi connectivity index (χ4n) is 3.97. The lowest BCUT2D eigenvalue weighted by Crippen LogP contribution is -2.24. The van der Waals surface area contributed by atoms with E-state index in [1.165, 1.54) is 32.1 Å². The van der Waals surface area contributed by atoms with Crippen molar-refractivity contribution in [2.24, 2.45) is 0 Å². The Labute approximate surface area is 266 Å². The molecular formula is C32H64O12. The summed E-state index contributed by atoms with van der Waals surface area (Å²) in [6.45, 7) is 14.8. The number of hydrogen-bond acceptors (Lipinski definition) is 12. The molecule has 0 saturated carbocycles. The summed E-state index contributed by atoms with van der Waals surface area (Å²) in [6, 6.07) is 0. The van der Waals surface area contributed by atoms with Crippen LogP contribution in [-0.2, 0) is 56.8 Å². The summed E-state index contributed by atoms with van der Waals surface area (Å²) in [7, 11) is 0. The van der Waals surface area contributed by atoms with Crippen LogP contribution in [0.25, 0.3) is 0 Å². The van der Waals surface area contributed by atoms with Crippen molar-refractivity contribution in [3.63, 3.8) is 0 Å². The third kappa shape index (κ3) is 32.9. The van der Waals surface area contributed by atoms with Gasteiger partial charge in [-0.1, -0.05) is 32.6 Å². The Morgan fingerprint density at radius 3 is 1.07 bits per heavy atom. The normalized spacial score (nSPS) is 15.3. The molecule has 264 valence electrons. The van der Waals surface area contributed by atoms with Gasteiger partial charge in [0.25, 0.3) is 0 Å². The zero-order chi connectivity index (χ0) is 31.3. The van der Waals surface area contributed by atoms with Crippen molar-refractivity contribution in [2.75, 3.05) is 145 Å². The van der Waals surface area contributed by atoms with Gasteiger partial charge in [0, 0.05) is 13.2 Å². The van der Waals surface area contributed by atoms with Gasteiger partial charge >= 0.3 is 0 Å². The second-order valence-electron chi connectivity index (χ2n) is 10.2. The highest BCUT2D eigenvalue weighted by molar-refractivity contribution is 4.53. The Kier molecular flexibility index (Phi) is 34.9. The summed E-state index contributed by atoms with van der Waals surface area (Å²) in [5.74, 6) is 0. The molecule has 12 heteroatoms. The Morgan fingerprint density at radius 2 is 0.727 bits per heavy atom. The summed E-state index contributed by atoms with van der Waals surface area (Å²) in [4.78, 5) is 0. The number of hydrogen-bond donors (Lipinski definition) is 0. The lowest BCUT2D eigenvalue weighted by Gasteiger charge is -2.22. The van der Waals surface area contributed by atoms with Crippen molar-refractivity contribution in [3.8, 4) is 0 Å². The van der Waals surface area contributed by atoms with Crippen molar-refractivity contribution in [1.29, 1.82) is 0 Å². The van der Waals surface area contributed by atoms with Gasteiger partial charge in [-0.2, -0.15) is 0 Å². The van der Waals surface area contributed by atoms with Gasteiger partial charge in [-0.3, -0.25) is 0 Å². The van der Waals surface area contributed by atoms with E-state index in [9.17, 15) is 0 Å². The van der Waals surface area contributed by atoms with Crippen LogP contribution in [0, 0.1) is 0 Å². The van der Waals surface area contributed by atoms with Gasteiger partial charge in [-0.15, -0.1) is 0 Å². The van der Waals surface area contributed by atoms with Crippen molar-refractivity contribution in [3.05, 3.63) is 0 Å². The van der Waals surface area contributed by atoms with Gasteiger partial charge in [0.15, 0.2) is 6.29 Å². The largest absolute Gasteiger partial charge is 0.379 e. The second-order valence-corrected chi connectivity index (χ2v) is 10.2. The molecule has 1 aliphatic heterocycles. The summed E-state index contributed by atoms with van der Waals surface area (Å²) >= 11 is 0. The molecule has 0 amide bonds. The molecule has 12 nitrogen and oxygen atoms in total. The smallest absolute Gasteiger partial charge is 0.157 e. The Bertz CT molecular complexity index is 525. The van der Waals surface area contributed by atoms with E-state index in [2.05, 4.69) is 6.92 Å². The van der Waals surface area contributed by atoms with Gasteiger partial charge in [0.2, 0.25) is 0 Å². The van der Waals surface area contributed by atoms with Crippen LogP contribution >= 0.6 is 0 Å². The van der Waals surface area contributed by atoms with Crippen LogP contribution in [-0.4, -0.2) is 152 Å². The SMILES string of the molecule is CCCCCCCOCCOCCOCCOCCOCCOCCOCCOCCOCCOCCOC1CCCCO1. The van der Waals surface area contributed by atoms with E-state index in [0.29, 0.717) is 132 Å². The maximum absolute atomic E-state index is 5.61. The molecule has 1 saturated heterocycles. The maximum Gasteiger partial charge on any atom is 0.157 e. The lowest BCUT2D eigenvalue weighted by atomic mass is 10.2. The van der Waals surface area contributed by atoms with Crippen LogP contribution in [0.1, 0.15) is 58.3 Å². The summed E-state index contributed by atoms with van der Waals surface area (Å²) in [6.07, 6.45) is 9.49. The van der Waals surface area contributed by atoms with Gasteiger partial charge in [-0.05, 0) is 25.7 Å². The van der Waals surface area contributed by atoms with E-state index >= 15 is 0 Å². The first-order valence-corrected chi connectivity index (χ1v) is 16.9. The first kappa shape index (κ1) is 41.5. The van der Waals surface area contributed by atoms with Crippen LogP contribution in [0.15, 0.2) is 0 Å². The van der Waals surface area contributed by atoms with Gasteiger partial charge < -0.3 is 56.8 Å². The molecule has 1 rings (SSSR count). The third-order valence-corrected chi connectivity index (χ3v) is 6.41. The molecule has 0 aliphatic carbocycles. The quantitative estimate of drug-likeness (QED) is 0.0925. The first-order chi connectivity index (χ1) is 21.9. The van der Waals surface area contributed by atoms with Crippen LogP contribution in [0.2, 0.25) is 0 Å². The number of rotatable bonds is 37. The highest BCUT2D eigenvalue weighted by Crippen LogP contribution is 2.13. The molecule has 0 aromatic carbocycles. The zero-order valence-corrected chi connectivity index (χ0v) is 27.7. The Morgan fingerprint density at radius 1 is 0.386 bits per heavy atom. The van der Waals surface area contributed by atoms with Crippen molar-refractivity contribution < 1.29 is 56.8 Å². The van der Waals surface area contributed by atoms with E-state index in [-0.39, 0.29) is 6.29 Å². The fourth-order valence-corrected chi connectivity index (χ4v) is 3.97. The minimum atomic E-state index is -0.0620. The topological polar surface area (TPSA) is 111 Å². The molecule has 1 heterocycles. The van der Waals surface area contributed by atoms with Crippen molar-refractivity contribution in [1.82, 2.24) is 0 Å². The van der Waals surface area contributed by atoms with Gasteiger partial charge in [0.1, 0.15) is 0 Å². The molecule has 0 radical (unpaired) electrons. The van der Waals surface area contributed by atoms with E-state index < -0.39 is 0 Å². The van der Waals surface area contributed by atoms with Crippen LogP contribution in [0.4, 0.5) is 0 Å². The average Bonchev–Trinajstić information content (AvgIpc) is 3.05. The molecule has 0 N–H and O–H groups in total. The molecule has 0 aromatic heterocycles. The fraction of sp³-hybridized carbons (Fsp3) is 1.00. The van der Waals surface area contributed by atoms with Crippen LogP contribution in [0.3, 0.4) is 0 Å². The van der Waals surface area contributed by atoms with Crippen LogP contribution in [0.5, 0.6) is 0 Å². The minimum absolute atomic E-state index is 0.0620. The molecular weight excluding hydrogens is 576 g/mol. The third-order valence-electron chi connectivity index (χ3n) is 6.41. The standard InChI is InChI=1S/C32H64O12/c1-2-3-4-5-7-10-33-12-13-34-14-15-35-16-17-36-18-19-37-20-21-38-22-23-39-24-25-40-26-27-41-28-29-42-30-31-44-32-9-6-8-11-43-32/h32H,2-31H2,1H3. The maximum atomic E-state index is 5.61. The molecule has 1 aliphatic rings. The van der Waals surface area contributed by atoms with E-state index in [1.807, 2.05) is 0 Å². The number of unbranched alkanes of at least 4 members (excludes halogenated alkanes) is 4. The minimum Gasteiger partial charge on any atom is -0.379 e. The predicted octanol–water partition coefficient (Wildman–Crippen LogP) is 3.67. The molecule has 44 heavy (non-hydrogen) atoms. The van der Waals surface area contributed by atoms with Gasteiger partial charge in [0.05, 0.1) is 132 Å². The Hall–Kier alpha value is -0.480. The molecule has 0 spiro atoms. The monoisotopic (exact) mass is 640 g/mol. The first-order valence-electron chi connectivity index (χ1n) is 16.9. The average molecular weight is 641 g/mol. The van der Waals surface area contributed by atoms with E-state index in [4.69, 9.17) is 56.8 Å². The zero-order valence-electron chi connectivity index (χ0n) is 27.7.